The highest BCUT2D eigenvalue weighted by molar-refractivity contribution is 5.51. The van der Waals surface area contributed by atoms with E-state index in [1.807, 2.05) is 0 Å². The Morgan fingerprint density at radius 3 is 2.43 bits per heavy atom. The maximum absolute atomic E-state index is 13.0. The van der Waals surface area contributed by atoms with Gasteiger partial charge in [-0.2, -0.15) is 5.26 Å². The fourth-order valence-electron chi connectivity index (χ4n) is 1.71. The van der Waals surface area contributed by atoms with Crippen LogP contribution in [0.4, 0.5) is 14.5 Å². The molecule has 0 bridgehead atoms. The number of ether oxygens (including phenoxy) is 1. The monoisotopic (exact) mass is 290 g/mol. The number of nitro groups is 1. The van der Waals surface area contributed by atoms with Crippen LogP contribution in [0.1, 0.15) is 11.1 Å². The molecule has 0 aromatic heterocycles. The summed E-state index contributed by atoms with van der Waals surface area (Å²) in [5.41, 5.74) is -0.0667. The molecule has 0 saturated heterocycles. The Kier molecular flexibility index (Phi) is 4.09. The van der Waals surface area contributed by atoms with E-state index >= 15 is 0 Å². The van der Waals surface area contributed by atoms with Crippen LogP contribution in [0.25, 0.3) is 0 Å². The van der Waals surface area contributed by atoms with E-state index < -0.39 is 16.6 Å². The van der Waals surface area contributed by atoms with E-state index in [1.165, 1.54) is 12.1 Å². The van der Waals surface area contributed by atoms with E-state index in [1.54, 1.807) is 6.07 Å². The van der Waals surface area contributed by atoms with Gasteiger partial charge in [0.15, 0.2) is 5.75 Å². The first-order valence-electron chi connectivity index (χ1n) is 5.76. The first kappa shape index (κ1) is 14.4. The molecule has 2 aromatic carbocycles. The Hall–Kier alpha value is -3.01. The summed E-state index contributed by atoms with van der Waals surface area (Å²) in [6, 6.07) is 8.33. The number of hydrogen-bond acceptors (Lipinski definition) is 4. The normalized spacial score (nSPS) is 9.95. The minimum absolute atomic E-state index is 0.0799. The Morgan fingerprint density at radius 2 is 1.86 bits per heavy atom. The molecule has 0 atom stereocenters. The third kappa shape index (κ3) is 3.51. The van der Waals surface area contributed by atoms with E-state index in [-0.39, 0.29) is 29.2 Å². The van der Waals surface area contributed by atoms with Crippen LogP contribution >= 0.6 is 0 Å². The lowest BCUT2D eigenvalue weighted by molar-refractivity contribution is -0.386. The van der Waals surface area contributed by atoms with Crippen LogP contribution in [-0.4, -0.2) is 4.92 Å². The molecule has 0 saturated carbocycles. The molecule has 5 nitrogen and oxygen atoms in total. The molecule has 0 unspecified atom stereocenters. The van der Waals surface area contributed by atoms with Crippen molar-refractivity contribution in [3.63, 3.8) is 0 Å². The molecule has 0 heterocycles. The third-order valence-corrected chi connectivity index (χ3v) is 2.60. The van der Waals surface area contributed by atoms with Crippen molar-refractivity contribution in [3.8, 4) is 11.8 Å². The van der Waals surface area contributed by atoms with Gasteiger partial charge in [0, 0.05) is 12.1 Å². The first-order valence-corrected chi connectivity index (χ1v) is 5.76. The van der Waals surface area contributed by atoms with E-state index in [4.69, 9.17) is 10.00 Å². The number of halogens is 2. The van der Waals surface area contributed by atoms with E-state index in [2.05, 4.69) is 0 Å². The zero-order chi connectivity index (χ0) is 15.4. The van der Waals surface area contributed by atoms with Crippen molar-refractivity contribution in [2.45, 2.75) is 6.61 Å². The molecule has 0 amide bonds. The van der Waals surface area contributed by atoms with Gasteiger partial charge in [0.05, 0.1) is 16.6 Å². The predicted octanol–water partition coefficient (Wildman–Crippen LogP) is 3.32. The third-order valence-electron chi connectivity index (χ3n) is 2.60. The molecular weight excluding hydrogens is 282 g/mol. The van der Waals surface area contributed by atoms with Crippen LogP contribution in [-0.2, 0) is 6.61 Å². The Labute approximate surface area is 118 Å². The van der Waals surface area contributed by atoms with Gasteiger partial charge >= 0.3 is 5.69 Å². The summed E-state index contributed by atoms with van der Waals surface area (Å²) >= 11 is 0. The molecule has 0 aliphatic rings. The highest BCUT2D eigenvalue weighted by Crippen LogP contribution is 2.28. The van der Waals surface area contributed by atoms with Gasteiger partial charge in [-0.25, -0.2) is 8.78 Å². The maximum atomic E-state index is 13.0. The molecule has 0 N–H and O–H groups in total. The quantitative estimate of drug-likeness (QED) is 0.639. The van der Waals surface area contributed by atoms with Gasteiger partial charge in [0.1, 0.15) is 18.2 Å². The zero-order valence-corrected chi connectivity index (χ0v) is 10.5. The standard InChI is InChI=1S/C14H8F2N2O3/c15-11-3-10(4-12(16)6-11)8-21-14-2-1-9(7-17)5-13(14)18(19)20/h1-6H,8H2. The predicted molar refractivity (Wildman–Crippen MR) is 68.5 cm³/mol. The minimum Gasteiger partial charge on any atom is -0.482 e. The molecule has 0 radical (unpaired) electrons. The van der Waals surface area contributed by atoms with Gasteiger partial charge in [-0.15, -0.1) is 0 Å². The number of hydrogen-bond donors (Lipinski definition) is 0. The minimum atomic E-state index is -0.761. The Bertz CT molecular complexity index is 721. The van der Waals surface area contributed by atoms with Crippen molar-refractivity contribution in [2.75, 3.05) is 0 Å². The largest absolute Gasteiger partial charge is 0.482 e. The van der Waals surface area contributed by atoms with Crippen molar-refractivity contribution in [1.82, 2.24) is 0 Å². The smallest absolute Gasteiger partial charge is 0.312 e. The fraction of sp³-hybridized carbons (Fsp3) is 0.0714. The summed E-state index contributed by atoms with van der Waals surface area (Å²) in [5, 5.41) is 19.6. The van der Waals surface area contributed by atoms with Crippen molar-refractivity contribution in [1.29, 1.82) is 5.26 Å². The summed E-state index contributed by atoms with van der Waals surface area (Å²) in [5.74, 6) is -1.60. The number of rotatable bonds is 4. The molecule has 2 rings (SSSR count). The van der Waals surface area contributed by atoms with Gasteiger partial charge in [0.25, 0.3) is 0 Å². The van der Waals surface area contributed by atoms with Crippen molar-refractivity contribution < 1.29 is 18.4 Å². The lowest BCUT2D eigenvalue weighted by Crippen LogP contribution is -2.00. The molecule has 0 fully saturated rings. The average Bonchev–Trinajstić information content (AvgIpc) is 2.43. The molecule has 7 heteroatoms. The SMILES string of the molecule is N#Cc1ccc(OCc2cc(F)cc(F)c2)c([N+](=O)[O-])c1. The van der Waals surface area contributed by atoms with Crippen LogP contribution < -0.4 is 4.74 Å². The second-order valence-corrected chi connectivity index (χ2v) is 4.12. The summed E-state index contributed by atoms with van der Waals surface area (Å²) in [7, 11) is 0. The van der Waals surface area contributed by atoms with Crippen LogP contribution in [0, 0.1) is 33.1 Å². The number of benzene rings is 2. The molecular formula is C14H8F2N2O3. The second-order valence-electron chi connectivity index (χ2n) is 4.12. The molecule has 21 heavy (non-hydrogen) atoms. The summed E-state index contributed by atoms with van der Waals surface area (Å²) < 4.78 is 31.2. The molecule has 0 spiro atoms. The lowest BCUT2D eigenvalue weighted by Gasteiger charge is -2.07. The van der Waals surface area contributed by atoms with Gasteiger partial charge in [-0.1, -0.05) is 0 Å². The van der Waals surface area contributed by atoms with E-state index in [0.717, 1.165) is 18.2 Å². The topological polar surface area (TPSA) is 76.2 Å². The molecule has 0 aliphatic carbocycles. The lowest BCUT2D eigenvalue weighted by atomic mass is 10.2. The number of nitriles is 1. The van der Waals surface area contributed by atoms with Crippen LogP contribution in [0.2, 0.25) is 0 Å². The van der Waals surface area contributed by atoms with Crippen molar-refractivity contribution in [2.24, 2.45) is 0 Å². The van der Waals surface area contributed by atoms with Crippen LogP contribution in [0.3, 0.4) is 0 Å². The van der Waals surface area contributed by atoms with Gasteiger partial charge in [-0.05, 0) is 29.8 Å². The summed E-state index contributed by atoms with van der Waals surface area (Å²) in [6.07, 6.45) is 0. The number of nitrogens with zero attached hydrogens (tertiary/aromatic N) is 2. The van der Waals surface area contributed by atoms with E-state index in [0.29, 0.717) is 6.07 Å². The van der Waals surface area contributed by atoms with Gasteiger partial charge in [-0.3, -0.25) is 10.1 Å². The van der Waals surface area contributed by atoms with Crippen molar-refractivity contribution in [3.05, 3.63) is 69.3 Å². The van der Waals surface area contributed by atoms with Crippen molar-refractivity contribution >= 4 is 5.69 Å². The first-order chi connectivity index (χ1) is 9.99. The maximum Gasteiger partial charge on any atom is 0.312 e. The average molecular weight is 290 g/mol. The number of nitro benzene ring substituents is 1. The molecule has 2 aromatic rings. The van der Waals surface area contributed by atoms with Crippen LogP contribution in [0.15, 0.2) is 36.4 Å². The van der Waals surface area contributed by atoms with Gasteiger partial charge < -0.3 is 4.74 Å². The van der Waals surface area contributed by atoms with Gasteiger partial charge in [0.2, 0.25) is 0 Å². The fourth-order valence-corrected chi connectivity index (χ4v) is 1.71. The second kappa shape index (κ2) is 5.96. The Morgan fingerprint density at radius 1 is 1.19 bits per heavy atom. The molecule has 106 valence electrons. The van der Waals surface area contributed by atoms with E-state index in [9.17, 15) is 18.9 Å². The highest BCUT2D eigenvalue weighted by Gasteiger charge is 2.16. The molecule has 0 aliphatic heterocycles. The summed E-state index contributed by atoms with van der Waals surface area (Å²) in [4.78, 5) is 10.2. The Balaban J connectivity index is 2.23. The highest BCUT2D eigenvalue weighted by atomic mass is 19.1. The van der Waals surface area contributed by atoms with Crippen LogP contribution in [0.5, 0.6) is 5.75 Å². The zero-order valence-electron chi connectivity index (χ0n) is 10.5. The summed E-state index contributed by atoms with van der Waals surface area (Å²) in [6.45, 7) is -0.235.